The summed E-state index contributed by atoms with van der Waals surface area (Å²) in [7, 11) is 0. The number of amides is 2. The predicted octanol–water partition coefficient (Wildman–Crippen LogP) is 3.36. The highest BCUT2D eigenvalue weighted by Gasteiger charge is 2.15. The molecule has 23 heavy (non-hydrogen) atoms. The van der Waals surface area contributed by atoms with Crippen LogP contribution in [0.2, 0.25) is 0 Å². The molecule has 2 heterocycles. The molecule has 3 aromatic rings. The largest absolute Gasteiger partial charge is 0.366 e. The van der Waals surface area contributed by atoms with Crippen molar-refractivity contribution in [1.82, 2.24) is 4.98 Å². The van der Waals surface area contributed by atoms with E-state index >= 15 is 0 Å². The topological polar surface area (TPSA) is 85.1 Å². The summed E-state index contributed by atoms with van der Waals surface area (Å²) in [5, 5.41) is 5.11. The van der Waals surface area contributed by atoms with Gasteiger partial charge in [0.05, 0.1) is 16.8 Å². The van der Waals surface area contributed by atoms with Crippen molar-refractivity contribution in [2.75, 3.05) is 5.32 Å². The fraction of sp³-hybridized carbons (Fsp3) is 0. The van der Waals surface area contributed by atoms with E-state index < -0.39 is 17.6 Å². The second-order valence-electron chi connectivity index (χ2n) is 4.52. The molecule has 0 fully saturated rings. The molecule has 2 aromatic heterocycles. The molecule has 1 aromatic carbocycles. The van der Waals surface area contributed by atoms with Crippen LogP contribution in [0.5, 0.6) is 0 Å². The van der Waals surface area contributed by atoms with Gasteiger partial charge in [-0.15, -0.1) is 22.7 Å². The molecular formula is C15H10FN3O2S2. The Bertz CT molecular complexity index is 875. The highest BCUT2D eigenvalue weighted by molar-refractivity contribution is 7.22. The van der Waals surface area contributed by atoms with E-state index in [0.29, 0.717) is 4.88 Å². The average molecular weight is 347 g/mol. The summed E-state index contributed by atoms with van der Waals surface area (Å²) < 4.78 is 13.9. The summed E-state index contributed by atoms with van der Waals surface area (Å²) in [5.74, 6) is -1.92. The highest BCUT2D eigenvalue weighted by Crippen LogP contribution is 2.29. The molecule has 0 saturated carbocycles. The van der Waals surface area contributed by atoms with Gasteiger partial charge in [0.25, 0.3) is 5.91 Å². The molecule has 3 N–H and O–H groups in total. The third-order valence-electron chi connectivity index (χ3n) is 2.96. The lowest BCUT2D eigenvalue weighted by molar-refractivity contribution is 0.0998. The fourth-order valence-corrected chi connectivity index (χ4v) is 3.46. The zero-order valence-electron chi connectivity index (χ0n) is 11.6. The molecule has 0 saturated heterocycles. The lowest BCUT2D eigenvalue weighted by Crippen LogP contribution is -2.14. The third-order valence-corrected chi connectivity index (χ3v) is 5.00. The number of hydrogen-bond acceptors (Lipinski definition) is 5. The van der Waals surface area contributed by atoms with Crippen molar-refractivity contribution in [3.63, 3.8) is 0 Å². The van der Waals surface area contributed by atoms with E-state index in [2.05, 4.69) is 10.3 Å². The zero-order chi connectivity index (χ0) is 16.4. The van der Waals surface area contributed by atoms with Crippen molar-refractivity contribution < 1.29 is 14.0 Å². The number of rotatable bonds is 4. The normalized spacial score (nSPS) is 10.5. The molecule has 0 atom stereocenters. The number of nitrogens with zero attached hydrogens (tertiary/aromatic N) is 1. The average Bonchev–Trinajstić information content (AvgIpc) is 3.19. The van der Waals surface area contributed by atoms with Gasteiger partial charge in [0, 0.05) is 5.56 Å². The summed E-state index contributed by atoms with van der Waals surface area (Å²) in [5.41, 5.74) is 5.09. The Hall–Kier alpha value is -2.58. The number of thiazole rings is 1. The van der Waals surface area contributed by atoms with Crippen molar-refractivity contribution in [2.24, 2.45) is 5.73 Å². The minimum atomic E-state index is -0.732. The maximum absolute atomic E-state index is 13.9. The monoisotopic (exact) mass is 347 g/mol. The Balaban J connectivity index is 1.78. The molecule has 0 aliphatic rings. The van der Waals surface area contributed by atoms with Crippen LogP contribution in [0.1, 0.15) is 20.0 Å². The van der Waals surface area contributed by atoms with E-state index in [0.717, 1.165) is 16.0 Å². The number of primary amides is 1. The van der Waals surface area contributed by atoms with Crippen LogP contribution >= 0.6 is 22.7 Å². The number of thiophene rings is 1. The van der Waals surface area contributed by atoms with Gasteiger partial charge in [-0.2, -0.15) is 0 Å². The lowest BCUT2D eigenvalue weighted by atomic mass is 10.2. The second kappa shape index (κ2) is 6.27. The molecule has 5 nitrogen and oxygen atoms in total. The van der Waals surface area contributed by atoms with Gasteiger partial charge < -0.3 is 11.1 Å². The second-order valence-corrected chi connectivity index (χ2v) is 6.50. The third kappa shape index (κ3) is 3.27. The summed E-state index contributed by atoms with van der Waals surface area (Å²) in [6, 6.07) is 7.45. The Labute approximate surface area is 138 Å². The Morgan fingerprint density at radius 2 is 2.09 bits per heavy atom. The minimum Gasteiger partial charge on any atom is -0.366 e. The van der Waals surface area contributed by atoms with Crippen LogP contribution in [0.25, 0.3) is 9.88 Å². The van der Waals surface area contributed by atoms with Crippen LogP contribution in [-0.4, -0.2) is 16.8 Å². The van der Waals surface area contributed by atoms with Gasteiger partial charge in [-0.3, -0.25) is 9.59 Å². The van der Waals surface area contributed by atoms with Crippen molar-refractivity contribution >= 4 is 40.2 Å². The molecule has 3 rings (SSSR count). The van der Waals surface area contributed by atoms with Crippen LogP contribution in [0.4, 0.5) is 10.1 Å². The van der Waals surface area contributed by atoms with Gasteiger partial charge in [0.15, 0.2) is 0 Å². The number of nitrogens with one attached hydrogen (secondary N) is 1. The number of nitrogens with two attached hydrogens (primary N) is 1. The van der Waals surface area contributed by atoms with Crippen LogP contribution < -0.4 is 11.1 Å². The van der Waals surface area contributed by atoms with Crippen LogP contribution in [-0.2, 0) is 0 Å². The Morgan fingerprint density at radius 3 is 2.74 bits per heavy atom. The van der Waals surface area contributed by atoms with Crippen molar-refractivity contribution in [3.05, 3.63) is 58.2 Å². The van der Waals surface area contributed by atoms with Crippen molar-refractivity contribution in [1.29, 1.82) is 0 Å². The first-order chi connectivity index (χ1) is 11.0. The first-order valence-corrected chi connectivity index (χ1v) is 8.14. The van der Waals surface area contributed by atoms with Gasteiger partial charge in [0.2, 0.25) is 5.91 Å². The molecule has 116 valence electrons. The standard InChI is InChI=1S/C15H10FN3O2S2/c16-9-6-8(13(17)20)3-4-10(9)19-14(21)12-7-18-15(23-12)11-2-1-5-22-11/h1-7H,(H2,17,20)(H,19,21). The Morgan fingerprint density at radius 1 is 1.26 bits per heavy atom. The number of hydrogen-bond donors (Lipinski definition) is 2. The Kier molecular flexibility index (Phi) is 4.18. The van der Waals surface area contributed by atoms with Gasteiger partial charge in [-0.05, 0) is 29.6 Å². The van der Waals surface area contributed by atoms with E-state index in [4.69, 9.17) is 5.73 Å². The molecule has 0 spiro atoms. The smallest absolute Gasteiger partial charge is 0.267 e. The summed E-state index contributed by atoms with van der Waals surface area (Å²) in [4.78, 5) is 28.7. The highest BCUT2D eigenvalue weighted by atomic mass is 32.1. The first kappa shape index (κ1) is 15.3. The maximum Gasteiger partial charge on any atom is 0.267 e. The molecule has 0 aliphatic carbocycles. The number of halogens is 1. The number of carbonyl (C=O) groups excluding carboxylic acids is 2. The van der Waals surface area contributed by atoms with Crippen LogP contribution in [0.15, 0.2) is 41.9 Å². The zero-order valence-corrected chi connectivity index (χ0v) is 13.2. The molecule has 0 aliphatic heterocycles. The van der Waals surface area contributed by atoms with Gasteiger partial charge in [-0.1, -0.05) is 6.07 Å². The SMILES string of the molecule is NC(=O)c1ccc(NC(=O)c2cnc(-c3cccs3)s2)c(F)c1. The van der Waals surface area contributed by atoms with E-state index in [1.54, 1.807) is 0 Å². The molecule has 2 amide bonds. The molecule has 0 radical (unpaired) electrons. The van der Waals surface area contributed by atoms with E-state index in [1.165, 1.54) is 41.0 Å². The predicted molar refractivity (Wildman–Crippen MR) is 88.3 cm³/mol. The summed E-state index contributed by atoms with van der Waals surface area (Å²) in [6.45, 7) is 0. The van der Waals surface area contributed by atoms with Crippen molar-refractivity contribution in [2.45, 2.75) is 0 Å². The quantitative estimate of drug-likeness (QED) is 0.759. The van der Waals surface area contributed by atoms with Gasteiger partial charge in [-0.25, -0.2) is 9.37 Å². The number of aromatic nitrogens is 1. The molecule has 0 bridgehead atoms. The maximum atomic E-state index is 13.9. The van der Waals surface area contributed by atoms with Crippen LogP contribution in [0, 0.1) is 5.82 Å². The first-order valence-electron chi connectivity index (χ1n) is 6.45. The van der Waals surface area contributed by atoms with Crippen molar-refractivity contribution in [3.8, 4) is 9.88 Å². The van der Waals surface area contributed by atoms with E-state index in [-0.39, 0.29) is 11.3 Å². The summed E-state index contributed by atoms with van der Waals surface area (Å²) in [6.07, 6.45) is 1.45. The lowest BCUT2D eigenvalue weighted by Gasteiger charge is -2.05. The fourth-order valence-electron chi connectivity index (χ4n) is 1.85. The van der Waals surface area contributed by atoms with E-state index in [1.807, 2.05) is 17.5 Å². The van der Waals surface area contributed by atoms with E-state index in [9.17, 15) is 14.0 Å². The number of benzene rings is 1. The molecule has 0 unspecified atom stereocenters. The van der Waals surface area contributed by atoms with Gasteiger partial charge in [0.1, 0.15) is 15.7 Å². The molecular weight excluding hydrogens is 337 g/mol. The summed E-state index contributed by atoms with van der Waals surface area (Å²) >= 11 is 2.75. The van der Waals surface area contributed by atoms with Crippen LogP contribution in [0.3, 0.4) is 0 Å². The number of carbonyl (C=O) groups is 2. The number of anilines is 1. The minimum absolute atomic E-state index is 0.0222. The van der Waals surface area contributed by atoms with Gasteiger partial charge >= 0.3 is 0 Å². The molecule has 8 heteroatoms.